The van der Waals surface area contributed by atoms with E-state index < -0.39 is 7.44 Å². The van der Waals surface area contributed by atoms with Crippen LogP contribution in [0.25, 0.3) is 0 Å². The van der Waals surface area contributed by atoms with E-state index in [9.17, 15) is 14.2 Å². The minimum Gasteiger partial charge on any atom is -0.266 e. The van der Waals surface area contributed by atoms with Crippen molar-refractivity contribution in [3.63, 3.8) is 0 Å². The third kappa shape index (κ3) is 2.33. The first-order valence-electron chi connectivity index (χ1n) is 2.10. The highest BCUT2D eigenvalue weighted by molar-refractivity contribution is 7.64. The number of rotatable bonds is 3. The highest BCUT2D eigenvalue weighted by atomic mass is 31.2. The Morgan fingerprint density at radius 3 is 1.90 bits per heavy atom. The highest BCUT2D eigenvalue weighted by Gasteiger charge is 2.12. The summed E-state index contributed by atoms with van der Waals surface area (Å²) in [7, 11) is -3.53. The van der Waals surface area contributed by atoms with Crippen molar-refractivity contribution in [1.29, 1.82) is 0 Å². The zero-order valence-electron chi connectivity index (χ0n) is 4.85. The number of nitrogens with zero attached hydrogens (tertiary/aromatic N) is 2. The van der Waals surface area contributed by atoms with Gasteiger partial charge in [0.25, 0.3) is 0 Å². The highest BCUT2D eigenvalue weighted by Crippen LogP contribution is 2.48. The maximum atomic E-state index is 10.8. The fourth-order valence-corrected chi connectivity index (χ4v) is 0.663. The van der Waals surface area contributed by atoms with E-state index in [2.05, 4.69) is 16.1 Å². The van der Waals surface area contributed by atoms with Crippen LogP contribution in [0.3, 0.4) is 0 Å². The van der Waals surface area contributed by atoms with Gasteiger partial charge in [0.2, 0.25) is 12.2 Å². The Labute approximate surface area is 56.7 Å². The quantitative estimate of drug-likeness (QED) is 0.349. The first-order valence-corrected chi connectivity index (χ1v) is 3.79. The fraction of sp³-hybridized carbons (Fsp3) is 0. The molecule has 52 valence electrons. The number of isocyanates is 2. The summed E-state index contributed by atoms with van der Waals surface area (Å²) in [4.78, 5) is 19.1. The van der Waals surface area contributed by atoms with Crippen molar-refractivity contribution in [3.05, 3.63) is 12.4 Å². The molecule has 0 aromatic heterocycles. The largest absolute Gasteiger partial charge is 0.341 e. The van der Waals surface area contributed by atoms with Crippen molar-refractivity contribution in [1.82, 2.24) is 0 Å². The molecular formula is C4H3N2O3P. The molecule has 0 saturated heterocycles. The van der Waals surface area contributed by atoms with Crippen LogP contribution >= 0.6 is 7.44 Å². The molecule has 5 nitrogen and oxygen atoms in total. The third-order valence-electron chi connectivity index (χ3n) is 0.606. The van der Waals surface area contributed by atoms with E-state index in [0.29, 0.717) is 0 Å². The van der Waals surface area contributed by atoms with Crippen LogP contribution < -0.4 is 0 Å². The summed E-state index contributed by atoms with van der Waals surface area (Å²) in [6.45, 7) is 3.06. The molecule has 0 radical (unpaired) electrons. The molecule has 0 aromatic carbocycles. The van der Waals surface area contributed by atoms with Crippen LogP contribution in [0.5, 0.6) is 0 Å². The van der Waals surface area contributed by atoms with Crippen molar-refractivity contribution < 1.29 is 14.2 Å². The van der Waals surface area contributed by atoms with Crippen LogP contribution in [0, 0.1) is 0 Å². The Morgan fingerprint density at radius 1 is 1.30 bits per heavy atom. The van der Waals surface area contributed by atoms with Gasteiger partial charge in [0.15, 0.2) is 0 Å². The summed E-state index contributed by atoms with van der Waals surface area (Å²) >= 11 is 0. The van der Waals surface area contributed by atoms with Crippen LogP contribution in [0.4, 0.5) is 0 Å². The predicted molar refractivity (Wildman–Crippen MR) is 34.0 cm³/mol. The van der Waals surface area contributed by atoms with Gasteiger partial charge in [0, 0.05) is 5.82 Å². The summed E-state index contributed by atoms with van der Waals surface area (Å²) in [5.41, 5.74) is 0. The second-order valence-electron chi connectivity index (χ2n) is 1.15. The smallest absolute Gasteiger partial charge is 0.266 e. The lowest BCUT2D eigenvalue weighted by molar-refractivity contribution is 0.560. The van der Waals surface area contributed by atoms with Gasteiger partial charge in [0.1, 0.15) is 0 Å². The van der Waals surface area contributed by atoms with E-state index in [4.69, 9.17) is 0 Å². The lowest BCUT2D eigenvalue weighted by atomic mass is 11.3. The normalized spacial score (nSPS) is 13.6. The molecule has 0 saturated carbocycles. The van der Waals surface area contributed by atoms with Gasteiger partial charge < -0.3 is 0 Å². The first kappa shape index (κ1) is 8.73. The molecule has 10 heavy (non-hydrogen) atoms. The molecule has 0 atom stereocenters. The van der Waals surface area contributed by atoms with Crippen LogP contribution in [-0.4, -0.2) is 12.2 Å². The minimum absolute atomic E-state index is 0.808. The molecule has 0 aromatic rings. The molecule has 0 heterocycles. The van der Waals surface area contributed by atoms with Gasteiger partial charge in [0.05, 0.1) is 0 Å². The monoisotopic (exact) mass is 158 g/mol. The van der Waals surface area contributed by atoms with E-state index in [0.717, 1.165) is 18.0 Å². The zero-order chi connectivity index (χ0) is 8.04. The minimum atomic E-state index is -3.53. The summed E-state index contributed by atoms with van der Waals surface area (Å²) in [6.07, 6.45) is 2.02. The van der Waals surface area contributed by atoms with E-state index in [1.165, 1.54) is 0 Å². The summed E-state index contributed by atoms with van der Waals surface area (Å²) in [5, 5.41) is 0. The van der Waals surface area contributed by atoms with Gasteiger partial charge in [-0.3, -0.25) is 4.57 Å². The van der Waals surface area contributed by atoms with Gasteiger partial charge in [-0.2, -0.15) is 0 Å². The summed E-state index contributed by atoms with van der Waals surface area (Å²) in [6, 6.07) is 0. The van der Waals surface area contributed by atoms with Crippen LogP contribution in [-0.2, 0) is 14.2 Å². The van der Waals surface area contributed by atoms with E-state index in [1.807, 2.05) is 0 Å². The van der Waals surface area contributed by atoms with E-state index >= 15 is 0 Å². The molecule has 0 rings (SSSR count). The van der Waals surface area contributed by atoms with Crippen molar-refractivity contribution in [3.8, 4) is 0 Å². The molecule has 0 N–H and O–H groups in total. The molecule has 0 aliphatic carbocycles. The maximum absolute atomic E-state index is 10.8. The Bertz CT molecular complexity index is 250. The lowest BCUT2D eigenvalue weighted by Crippen LogP contribution is -1.63. The predicted octanol–water partition coefficient (Wildman–Crippen LogP) is 0.995. The van der Waals surface area contributed by atoms with Gasteiger partial charge in [-0.15, -0.1) is 9.53 Å². The van der Waals surface area contributed by atoms with Crippen LogP contribution in [0.1, 0.15) is 0 Å². The summed E-state index contributed by atoms with van der Waals surface area (Å²) in [5.74, 6) is 0.808. The standard InChI is InChI=1S/C4H3N2O3P/c1-2-10(9,5-3-7)6-4-8/h2H,1H2. The third-order valence-corrected chi connectivity index (χ3v) is 1.82. The molecule has 6 heteroatoms. The molecule has 0 spiro atoms. The first-order chi connectivity index (χ1) is 4.68. The van der Waals surface area contributed by atoms with Gasteiger partial charge in [-0.1, -0.05) is 6.58 Å². The molecule has 0 aliphatic rings. The summed E-state index contributed by atoms with van der Waals surface area (Å²) < 4.78 is 16.3. The average Bonchev–Trinajstić information content (AvgIpc) is 1.89. The molecule has 0 aliphatic heterocycles. The molecule has 0 fully saturated rings. The fourth-order valence-electron chi connectivity index (χ4n) is 0.221. The zero-order valence-corrected chi connectivity index (χ0v) is 5.75. The van der Waals surface area contributed by atoms with Crippen molar-refractivity contribution in [2.24, 2.45) is 9.53 Å². The molecule has 0 amide bonds. The number of carbonyl (C=O) groups excluding carboxylic acids is 2. The maximum Gasteiger partial charge on any atom is 0.341 e. The second-order valence-corrected chi connectivity index (χ2v) is 3.10. The van der Waals surface area contributed by atoms with E-state index in [1.54, 1.807) is 0 Å². The number of hydrogen-bond donors (Lipinski definition) is 0. The Kier molecular flexibility index (Phi) is 3.23. The molecular weight excluding hydrogens is 155 g/mol. The van der Waals surface area contributed by atoms with Crippen LogP contribution in [0.2, 0.25) is 0 Å². The Morgan fingerprint density at radius 2 is 1.70 bits per heavy atom. The van der Waals surface area contributed by atoms with Crippen LogP contribution in [0.15, 0.2) is 21.9 Å². The SMILES string of the molecule is C=CP(=O)(N=C=O)N=C=O. The molecule has 0 unspecified atom stereocenters. The average molecular weight is 158 g/mol. The van der Waals surface area contributed by atoms with Gasteiger partial charge in [-0.05, 0) is 0 Å². The van der Waals surface area contributed by atoms with Crippen molar-refractivity contribution >= 4 is 19.6 Å². The lowest BCUT2D eigenvalue weighted by Gasteiger charge is -1.90. The Hall–Kier alpha value is -1.27. The topological polar surface area (TPSA) is 75.9 Å². The van der Waals surface area contributed by atoms with Crippen molar-refractivity contribution in [2.45, 2.75) is 0 Å². The van der Waals surface area contributed by atoms with Gasteiger partial charge >= 0.3 is 7.44 Å². The molecule has 0 bridgehead atoms. The van der Waals surface area contributed by atoms with E-state index in [-0.39, 0.29) is 0 Å². The number of hydrogen-bond acceptors (Lipinski definition) is 3. The van der Waals surface area contributed by atoms with Crippen molar-refractivity contribution in [2.75, 3.05) is 0 Å². The second kappa shape index (κ2) is 3.70. The Balaban J connectivity index is 4.91. The van der Waals surface area contributed by atoms with Gasteiger partial charge in [-0.25, -0.2) is 9.59 Å².